The molecule has 3 nitrogen and oxygen atoms in total. The van der Waals surface area contributed by atoms with E-state index in [2.05, 4.69) is 32.2 Å². The molecule has 0 saturated carbocycles. The first-order valence-corrected chi connectivity index (χ1v) is 6.57. The van der Waals surface area contributed by atoms with Crippen molar-refractivity contribution in [1.82, 2.24) is 5.32 Å². The molecule has 1 N–H and O–H groups in total. The van der Waals surface area contributed by atoms with Crippen LogP contribution in [-0.2, 0) is 6.54 Å². The molecule has 0 aliphatic heterocycles. The number of para-hydroxylation sites is 1. The summed E-state index contributed by atoms with van der Waals surface area (Å²) in [6, 6.07) is 6.52. The van der Waals surface area contributed by atoms with Crippen molar-refractivity contribution in [2.45, 2.75) is 39.8 Å². The molecule has 1 aromatic carbocycles. The Morgan fingerprint density at radius 3 is 2.89 bits per heavy atom. The summed E-state index contributed by atoms with van der Waals surface area (Å²) < 4.78 is 11.3. The minimum Gasteiger partial charge on any atom is -0.490 e. The van der Waals surface area contributed by atoms with E-state index in [0.717, 1.165) is 36.3 Å². The Morgan fingerprint density at radius 1 is 1.33 bits per heavy atom. The summed E-state index contributed by atoms with van der Waals surface area (Å²) in [5.41, 5.74) is 2.03. The van der Waals surface area contributed by atoms with Gasteiger partial charge in [0.1, 0.15) is 0 Å². The molecule has 1 aromatic heterocycles. The van der Waals surface area contributed by atoms with E-state index in [-0.39, 0.29) is 0 Å². The second-order valence-electron chi connectivity index (χ2n) is 4.78. The number of hydrogen-bond acceptors (Lipinski definition) is 3. The maximum atomic E-state index is 5.69. The topological polar surface area (TPSA) is 34.4 Å². The molecule has 0 fully saturated rings. The Kier molecular flexibility index (Phi) is 4.26. The molecule has 18 heavy (non-hydrogen) atoms. The Morgan fingerprint density at radius 2 is 2.17 bits per heavy atom. The number of furan rings is 1. The zero-order valence-electron chi connectivity index (χ0n) is 11.3. The summed E-state index contributed by atoms with van der Waals surface area (Å²) in [7, 11) is 0. The van der Waals surface area contributed by atoms with Crippen LogP contribution in [0.5, 0.6) is 5.75 Å². The van der Waals surface area contributed by atoms with Crippen LogP contribution in [0.25, 0.3) is 11.0 Å². The lowest BCUT2D eigenvalue weighted by atomic mass is 10.1. The second kappa shape index (κ2) is 5.91. The van der Waals surface area contributed by atoms with Gasteiger partial charge < -0.3 is 14.5 Å². The highest BCUT2D eigenvalue weighted by Gasteiger charge is 2.10. The summed E-state index contributed by atoms with van der Waals surface area (Å²) in [5.74, 6) is 0.838. The average molecular weight is 247 g/mol. The molecule has 0 aliphatic carbocycles. The molecule has 0 amide bonds. The summed E-state index contributed by atoms with van der Waals surface area (Å²) in [6.45, 7) is 7.91. The number of hydrogen-bond donors (Lipinski definition) is 1. The minimum atomic E-state index is 0.467. The van der Waals surface area contributed by atoms with Crippen molar-refractivity contribution in [3.8, 4) is 5.75 Å². The van der Waals surface area contributed by atoms with Crippen molar-refractivity contribution in [3.05, 3.63) is 30.0 Å². The first kappa shape index (κ1) is 13.0. The zero-order chi connectivity index (χ0) is 13.0. The largest absolute Gasteiger partial charge is 0.490 e. The molecular formula is C15H21NO2. The van der Waals surface area contributed by atoms with Crippen LogP contribution in [0.3, 0.4) is 0 Å². The number of ether oxygens (including phenoxy) is 1. The van der Waals surface area contributed by atoms with Gasteiger partial charge in [-0.3, -0.25) is 0 Å². The van der Waals surface area contributed by atoms with Crippen LogP contribution in [0.1, 0.15) is 32.8 Å². The lowest BCUT2D eigenvalue weighted by Crippen LogP contribution is -2.21. The molecule has 2 aromatic rings. The SMILES string of the molecule is CCCOc1cccc2c(CNC(C)C)coc12. The maximum Gasteiger partial charge on any atom is 0.176 e. The first-order chi connectivity index (χ1) is 8.72. The van der Waals surface area contributed by atoms with Crippen molar-refractivity contribution >= 4 is 11.0 Å². The smallest absolute Gasteiger partial charge is 0.176 e. The molecule has 3 heteroatoms. The van der Waals surface area contributed by atoms with E-state index in [9.17, 15) is 0 Å². The van der Waals surface area contributed by atoms with Gasteiger partial charge in [0.05, 0.1) is 12.9 Å². The fourth-order valence-electron chi connectivity index (χ4n) is 1.86. The quantitative estimate of drug-likeness (QED) is 0.844. The Bertz CT molecular complexity index is 502. The van der Waals surface area contributed by atoms with Gasteiger partial charge in [0.25, 0.3) is 0 Å². The van der Waals surface area contributed by atoms with Crippen LogP contribution in [0.15, 0.2) is 28.9 Å². The molecule has 98 valence electrons. The molecule has 0 radical (unpaired) electrons. The molecule has 0 unspecified atom stereocenters. The van der Waals surface area contributed by atoms with Crippen LogP contribution in [0.4, 0.5) is 0 Å². The Balaban J connectivity index is 2.24. The van der Waals surface area contributed by atoms with E-state index in [1.807, 2.05) is 18.4 Å². The van der Waals surface area contributed by atoms with Gasteiger partial charge in [-0.2, -0.15) is 0 Å². The predicted octanol–water partition coefficient (Wildman–Crippen LogP) is 3.72. The third kappa shape index (κ3) is 2.85. The lowest BCUT2D eigenvalue weighted by molar-refractivity contribution is 0.316. The molecule has 0 saturated heterocycles. The average Bonchev–Trinajstić information content (AvgIpc) is 2.77. The zero-order valence-corrected chi connectivity index (χ0v) is 11.3. The van der Waals surface area contributed by atoms with E-state index in [1.54, 1.807) is 0 Å². The summed E-state index contributed by atoms with van der Waals surface area (Å²) in [6.07, 6.45) is 2.82. The Hall–Kier alpha value is -1.48. The van der Waals surface area contributed by atoms with Crippen molar-refractivity contribution in [3.63, 3.8) is 0 Å². The third-order valence-corrected chi connectivity index (χ3v) is 2.81. The summed E-state index contributed by atoms with van der Waals surface area (Å²) in [5, 5.41) is 4.54. The highest BCUT2D eigenvalue weighted by Crippen LogP contribution is 2.29. The van der Waals surface area contributed by atoms with Crippen LogP contribution < -0.4 is 10.1 Å². The fraction of sp³-hybridized carbons (Fsp3) is 0.467. The molecule has 1 heterocycles. The molecule has 0 aliphatic rings. The standard InChI is InChI=1S/C15H21NO2/c1-4-8-17-14-7-5-6-13-12(9-16-11(2)3)10-18-15(13)14/h5-7,10-11,16H,4,8-9H2,1-3H3. The van der Waals surface area contributed by atoms with Gasteiger partial charge in [-0.05, 0) is 12.5 Å². The van der Waals surface area contributed by atoms with Crippen molar-refractivity contribution in [1.29, 1.82) is 0 Å². The molecule has 0 spiro atoms. The second-order valence-corrected chi connectivity index (χ2v) is 4.78. The van der Waals surface area contributed by atoms with E-state index < -0.39 is 0 Å². The van der Waals surface area contributed by atoms with Crippen LogP contribution in [0.2, 0.25) is 0 Å². The van der Waals surface area contributed by atoms with E-state index >= 15 is 0 Å². The number of benzene rings is 1. The van der Waals surface area contributed by atoms with E-state index in [4.69, 9.17) is 9.15 Å². The van der Waals surface area contributed by atoms with Gasteiger partial charge >= 0.3 is 0 Å². The molecule has 0 bridgehead atoms. The Labute approximate surface area is 108 Å². The first-order valence-electron chi connectivity index (χ1n) is 6.57. The van der Waals surface area contributed by atoms with Gasteiger partial charge in [0.15, 0.2) is 11.3 Å². The fourth-order valence-corrected chi connectivity index (χ4v) is 1.86. The van der Waals surface area contributed by atoms with Crippen molar-refractivity contribution < 1.29 is 9.15 Å². The number of nitrogens with one attached hydrogen (secondary N) is 1. The summed E-state index contributed by atoms with van der Waals surface area (Å²) in [4.78, 5) is 0. The monoisotopic (exact) mass is 247 g/mol. The van der Waals surface area contributed by atoms with Gasteiger partial charge in [0.2, 0.25) is 0 Å². The molecular weight excluding hydrogens is 226 g/mol. The highest BCUT2D eigenvalue weighted by molar-refractivity contribution is 5.86. The molecule has 0 atom stereocenters. The lowest BCUT2D eigenvalue weighted by Gasteiger charge is -2.07. The highest BCUT2D eigenvalue weighted by atomic mass is 16.5. The number of rotatable bonds is 6. The predicted molar refractivity (Wildman–Crippen MR) is 74.0 cm³/mol. The normalized spacial score (nSPS) is 11.3. The van der Waals surface area contributed by atoms with Crippen LogP contribution >= 0.6 is 0 Å². The van der Waals surface area contributed by atoms with Crippen molar-refractivity contribution in [2.24, 2.45) is 0 Å². The van der Waals surface area contributed by atoms with E-state index in [0.29, 0.717) is 6.04 Å². The summed E-state index contributed by atoms with van der Waals surface area (Å²) >= 11 is 0. The molecule has 2 rings (SSSR count). The van der Waals surface area contributed by atoms with Gasteiger partial charge in [-0.25, -0.2) is 0 Å². The van der Waals surface area contributed by atoms with Gasteiger partial charge in [-0.1, -0.05) is 32.9 Å². The maximum absolute atomic E-state index is 5.69. The van der Waals surface area contributed by atoms with E-state index in [1.165, 1.54) is 5.56 Å². The minimum absolute atomic E-state index is 0.467. The van der Waals surface area contributed by atoms with Crippen molar-refractivity contribution in [2.75, 3.05) is 6.61 Å². The van der Waals surface area contributed by atoms with Gasteiger partial charge in [-0.15, -0.1) is 0 Å². The van der Waals surface area contributed by atoms with Gasteiger partial charge in [0, 0.05) is 23.5 Å². The third-order valence-electron chi connectivity index (χ3n) is 2.81. The van der Waals surface area contributed by atoms with Crippen LogP contribution in [-0.4, -0.2) is 12.6 Å². The van der Waals surface area contributed by atoms with Crippen LogP contribution in [0, 0.1) is 0 Å². The number of fused-ring (bicyclic) bond motifs is 1.